The molecular weight excluding hydrogens is 821 g/mol. The molecule has 0 fully saturated rings. The molecule has 1 aromatic heterocycles. The molecule has 0 bridgehead atoms. The maximum absolute atomic E-state index is 5.38. The number of nitrogens with zero attached hydrogens (tertiary/aromatic N) is 2. The van der Waals surface area contributed by atoms with Crippen LogP contribution in [-0.2, 0) is 10.8 Å². The number of hydrogen-bond donors (Lipinski definition) is 0. The fourth-order valence-electron chi connectivity index (χ4n) is 11.6. The predicted octanol–water partition coefficient (Wildman–Crippen LogP) is 16.6. The molecule has 0 radical (unpaired) electrons. The molecule has 1 heterocycles. The minimum atomic E-state index is -0.519. The molecular formula is C66H46N2. The van der Waals surface area contributed by atoms with Crippen molar-refractivity contribution in [1.29, 1.82) is 0 Å². The highest BCUT2D eigenvalue weighted by Crippen LogP contribution is 2.57. The third kappa shape index (κ3) is 6.11. The summed E-state index contributed by atoms with van der Waals surface area (Å²) in [5.41, 5.74) is 22.1. The van der Waals surface area contributed by atoms with Gasteiger partial charge in [0.1, 0.15) is 0 Å². The van der Waals surface area contributed by atoms with Gasteiger partial charge in [0.15, 0.2) is 5.82 Å². The molecule has 320 valence electrons. The summed E-state index contributed by atoms with van der Waals surface area (Å²) in [6.45, 7) is 4.68. The van der Waals surface area contributed by atoms with E-state index in [4.69, 9.17) is 9.97 Å². The largest absolute Gasteiger partial charge is 0.228 e. The lowest BCUT2D eigenvalue weighted by Crippen LogP contribution is -2.28. The van der Waals surface area contributed by atoms with Gasteiger partial charge in [-0.1, -0.05) is 232 Å². The van der Waals surface area contributed by atoms with E-state index in [0.717, 1.165) is 33.5 Å². The van der Waals surface area contributed by atoms with Gasteiger partial charge >= 0.3 is 0 Å². The third-order valence-corrected chi connectivity index (χ3v) is 14.8. The number of aromatic nitrogens is 2. The van der Waals surface area contributed by atoms with Crippen LogP contribution < -0.4 is 0 Å². The highest BCUT2D eigenvalue weighted by atomic mass is 14.9. The average molecular weight is 867 g/mol. The van der Waals surface area contributed by atoms with Crippen LogP contribution >= 0.6 is 0 Å². The fraction of sp³-hybridized carbons (Fsp3) is 0.0606. The molecule has 0 amide bonds. The molecule has 0 saturated heterocycles. The number of benzene rings is 10. The summed E-state index contributed by atoms with van der Waals surface area (Å²) in [5.74, 6) is 0.695. The molecule has 0 aliphatic heterocycles. The van der Waals surface area contributed by atoms with Gasteiger partial charge in [0.25, 0.3) is 0 Å². The van der Waals surface area contributed by atoms with E-state index in [1.165, 1.54) is 83.3 Å². The maximum atomic E-state index is 5.38. The van der Waals surface area contributed by atoms with Crippen molar-refractivity contribution in [1.82, 2.24) is 9.97 Å². The molecule has 0 spiro atoms. The number of hydrogen-bond acceptors (Lipinski definition) is 2. The zero-order valence-corrected chi connectivity index (χ0v) is 38.0. The normalized spacial score (nSPS) is 13.7. The minimum absolute atomic E-state index is 0.0242. The molecule has 11 aromatic rings. The second-order valence-electron chi connectivity index (χ2n) is 18.8. The van der Waals surface area contributed by atoms with Crippen molar-refractivity contribution < 1.29 is 0 Å². The SMILES string of the molecule is CC1(C)c2ccccc2-c2cc(-c3cccc(-c4ccc(-c5cc(-c6ccc7c(c6)C(c6ccccc6)(c6ccccc6)c6ccccc6-7)nc(-c6ccccc6)n5)c5ccccc45)c3)ccc21. The summed E-state index contributed by atoms with van der Waals surface area (Å²) in [5, 5.41) is 2.33. The second-order valence-corrected chi connectivity index (χ2v) is 18.8. The molecule has 2 heteroatoms. The van der Waals surface area contributed by atoms with E-state index >= 15 is 0 Å². The van der Waals surface area contributed by atoms with E-state index in [2.05, 4.69) is 250 Å². The summed E-state index contributed by atoms with van der Waals surface area (Å²) >= 11 is 0. The molecule has 0 unspecified atom stereocenters. The fourth-order valence-corrected chi connectivity index (χ4v) is 11.6. The average Bonchev–Trinajstić information content (AvgIpc) is 3.83. The zero-order valence-electron chi connectivity index (χ0n) is 38.0. The van der Waals surface area contributed by atoms with Crippen LogP contribution in [-0.4, -0.2) is 9.97 Å². The number of rotatable bonds is 7. The molecule has 2 nitrogen and oxygen atoms in total. The maximum Gasteiger partial charge on any atom is 0.160 e. The molecule has 0 saturated carbocycles. The Bertz CT molecular complexity index is 3720. The van der Waals surface area contributed by atoms with Gasteiger partial charge in [0.05, 0.1) is 16.8 Å². The van der Waals surface area contributed by atoms with Gasteiger partial charge in [0.2, 0.25) is 0 Å². The quantitative estimate of drug-likeness (QED) is 0.159. The third-order valence-electron chi connectivity index (χ3n) is 14.8. The smallest absolute Gasteiger partial charge is 0.160 e. The van der Waals surface area contributed by atoms with Crippen molar-refractivity contribution in [3.63, 3.8) is 0 Å². The van der Waals surface area contributed by atoms with Crippen molar-refractivity contribution in [2.75, 3.05) is 0 Å². The Balaban J connectivity index is 0.956. The molecule has 2 aliphatic rings. The van der Waals surface area contributed by atoms with Crippen LogP contribution in [0.2, 0.25) is 0 Å². The predicted molar refractivity (Wildman–Crippen MR) is 282 cm³/mol. The Morgan fingerprint density at radius 3 is 1.51 bits per heavy atom. The van der Waals surface area contributed by atoms with Crippen molar-refractivity contribution >= 4 is 10.8 Å². The molecule has 0 N–H and O–H groups in total. The van der Waals surface area contributed by atoms with Gasteiger partial charge in [0, 0.05) is 22.1 Å². The summed E-state index contributed by atoms with van der Waals surface area (Å²) in [6.07, 6.45) is 0. The van der Waals surface area contributed by atoms with E-state index in [1.54, 1.807) is 0 Å². The van der Waals surface area contributed by atoms with Gasteiger partial charge in [-0.05, 0) is 113 Å². The van der Waals surface area contributed by atoms with Crippen molar-refractivity contribution in [3.8, 4) is 78.4 Å². The summed E-state index contributed by atoms with van der Waals surface area (Å²) in [4.78, 5) is 10.8. The van der Waals surface area contributed by atoms with E-state index in [9.17, 15) is 0 Å². The summed E-state index contributed by atoms with van der Waals surface area (Å²) in [6, 6.07) is 88.6. The van der Waals surface area contributed by atoms with E-state index < -0.39 is 5.41 Å². The van der Waals surface area contributed by atoms with Crippen LogP contribution in [0.3, 0.4) is 0 Å². The van der Waals surface area contributed by atoms with Gasteiger partial charge in [-0.15, -0.1) is 0 Å². The van der Waals surface area contributed by atoms with Gasteiger partial charge in [-0.3, -0.25) is 0 Å². The Morgan fingerprint density at radius 1 is 0.279 bits per heavy atom. The lowest BCUT2D eigenvalue weighted by Gasteiger charge is -2.34. The van der Waals surface area contributed by atoms with Gasteiger partial charge < -0.3 is 0 Å². The minimum Gasteiger partial charge on any atom is -0.228 e. The van der Waals surface area contributed by atoms with Crippen LogP contribution in [0.15, 0.2) is 243 Å². The van der Waals surface area contributed by atoms with E-state index in [1.807, 2.05) is 6.07 Å². The highest BCUT2D eigenvalue weighted by Gasteiger charge is 2.46. The van der Waals surface area contributed by atoms with Crippen molar-refractivity contribution in [3.05, 3.63) is 276 Å². The van der Waals surface area contributed by atoms with Crippen LogP contribution in [0.25, 0.3) is 89.2 Å². The zero-order chi connectivity index (χ0) is 45.4. The number of fused-ring (bicyclic) bond motifs is 7. The molecule has 13 rings (SSSR count). The van der Waals surface area contributed by atoms with Crippen LogP contribution in [0, 0.1) is 0 Å². The van der Waals surface area contributed by atoms with Gasteiger partial charge in [-0.2, -0.15) is 0 Å². The van der Waals surface area contributed by atoms with E-state index in [-0.39, 0.29) is 5.41 Å². The second kappa shape index (κ2) is 15.6. The Labute approximate surface area is 398 Å². The highest BCUT2D eigenvalue weighted by molar-refractivity contribution is 6.05. The van der Waals surface area contributed by atoms with Crippen molar-refractivity contribution in [2.45, 2.75) is 24.7 Å². The summed E-state index contributed by atoms with van der Waals surface area (Å²) < 4.78 is 0. The van der Waals surface area contributed by atoms with Crippen molar-refractivity contribution in [2.24, 2.45) is 0 Å². The molecule has 10 aromatic carbocycles. The molecule has 2 aliphatic carbocycles. The van der Waals surface area contributed by atoms with Crippen LogP contribution in [0.1, 0.15) is 47.2 Å². The lowest BCUT2D eigenvalue weighted by atomic mass is 9.67. The summed E-state index contributed by atoms with van der Waals surface area (Å²) in [7, 11) is 0. The monoisotopic (exact) mass is 866 g/mol. The standard InChI is InChI=1S/C66H46N2/c1-65(2)58-31-16-14-30-54(58)57-40-45(34-38-59(57)65)44-21-18-22-46(39-44)50-36-37-56(52-28-13-12-27-51(50)52)63-42-62(67-64(68-63)43-19-6-3-7-20-43)47-33-35-55-53-29-15-17-32-60(53)66(61(55)41-47,48-23-8-4-9-24-48)49-25-10-5-11-26-49/h3-42H,1-2H3. The Morgan fingerprint density at radius 2 is 0.779 bits per heavy atom. The Hall–Kier alpha value is -8.46. The molecule has 68 heavy (non-hydrogen) atoms. The van der Waals surface area contributed by atoms with Crippen LogP contribution in [0.4, 0.5) is 0 Å². The molecule has 0 atom stereocenters. The topological polar surface area (TPSA) is 25.8 Å². The first kappa shape index (κ1) is 39.9. The van der Waals surface area contributed by atoms with Crippen LogP contribution in [0.5, 0.6) is 0 Å². The Kier molecular flexibility index (Phi) is 9.13. The first-order chi connectivity index (χ1) is 33.5. The van der Waals surface area contributed by atoms with Gasteiger partial charge in [-0.25, -0.2) is 9.97 Å². The first-order valence-electron chi connectivity index (χ1n) is 23.6. The lowest BCUT2D eigenvalue weighted by molar-refractivity contribution is 0.660. The first-order valence-corrected chi connectivity index (χ1v) is 23.6. The van der Waals surface area contributed by atoms with E-state index in [0.29, 0.717) is 5.82 Å².